The van der Waals surface area contributed by atoms with Crippen molar-refractivity contribution < 1.29 is 4.39 Å². The predicted molar refractivity (Wildman–Crippen MR) is 113 cm³/mol. The Morgan fingerprint density at radius 1 is 0.786 bits per heavy atom. The van der Waals surface area contributed by atoms with E-state index in [9.17, 15) is 0 Å². The molecule has 4 aromatic rings. The molecule has 0 amide bonds. The Labute approximate surface area is 164 Å². The number of halogens is 1. The van der Waals surface area contributed by atoms with Crippen LogP contribution in [0.2, 0.25) is 0 Å². The van der Waals surface area contributed by atoms with Gasteiger partial charge in [-0.1, -0.05) is 80.1 Å². The van der Waals surface area contributed by atoms with Crippen LogP contribution in [-0.4, -0.2) is 0 Å². The second-order valence-electron chi connectivity index (χ2n) is 7.00. The van der Waals surface area contributed by atoms with Gasteiger partial charge in [-0.3, -0.25) is 0 Å². The van der Waals surface area contributed by atoms with Crippen molar-refractivity contribution in [2.45, 2.75) is 19.8 Å². The maximum atomic E-state index is 15.1. The van der Waals surface area contributed by atoms with E-state index in [-0.39, 0.29) is 5.82 Å². The summed E-state index contributed by atoms with van der Waals surface area (Å²) in [5.41, 5.74) is 5.43. The molecule has 0 aliphatic rings. The van der Waals surface area contributed by atoms with Gasteiger partial charge in [-0.05, 0) is 46.2 Å². The van der Waals surface area contributed by atoms with Crippen LogP contribution in [0.25, 0.3) is 33.0 Å². The first kappa shape index (κ1) is 17.9. The molecule has 0 atom stereocenters. The molecule has 1 nitrogen and oxygen atoms in total. The van der Waals surface area contributed by atoms with E-state index in [4.69, 9.17) is 5.26 Å². The quantitative estimate of drug-likeness (QED) is 0.377. The lowest BCUT2D eigenvalue weighted by molar-refractivity contribution is 0.643. The fourth-order valence-electron chi connectivity index (χ4n) is 3.59. The molecule has 0 N–H and O–H groups in total. The number of aryl methyl sites for hydroxylation is 1. The van der Waals surface area contributed by atoms with Crippen LogP contribution in [0, 0.1) is 17.1 Å². The van der Waals surface area contributed by atoms with Crippen LogP contribution in [0.5, 0.6) is 0 Å². The molecule has 2 heteroatoms. The third-order valence-corrected chi connectivity index (χ3v) is 5.10. The fourth-order valence-corrected chi connectivity index (χ4v) is 3.59. The molecule has 0 radical (unpaired) electrons. The predicted octanol–water partition coefficient (Wildman–Crippen LogP) is 7.14. The van der Waals surface area contributed by atoms with Crippen molar-refractivity contribution >= 4 is 10.8 Å². The molecule has 28 heavy (non-hydrogen) atoms. The minimum Gasteiger partial charge on any atom is -0.206 e. The van der Waals surface area contributed by atoms with E-state index in [2.05, 4.69) is 19.1 Å². The molecule has 4 aromatic carbocycles. The van der Waals surface area contributed by atoms with Gasteiger partial charge in [0.2, 0.25) is 0 Å². The lowest BCUT2D eigenvalue weighted by Crippen LogP contribution is -1.89. The normalized spacial score (nSPS) is 10.8. The number of hydrogen-bond donors (Lipinski definition) is 0. The van der Waals surface area contributed by atoms with Gasteiger partial charge in [0, 0.05) is 10.9 Å². The lowest BCUT2D eigenvalue weighted by Gasteiger charge is -2.10. The van der Waals surface area contributed by atoms with Gasteiger partial charge in [-0.2, -0.15) is 5.26 Å². The highest BCUT2D eigenvalue weighted by molar-refractivity contribution is 5.89. The van der Waals surface area contributed by atoms with Crippen LogP contribution in [0.1, 0.15) is 24.5 Å². The maximum absolute atomic E-state index is 15.1. The summed E-state index contributed by atoms with van der Waals surface area (Å²) in [4.78, 5) is 0. The summed E-state index contributed by atoms with van der Waals surface area (Å²) >= 11 is 0. The maximum Gasteiger partial charge on any atom is 0.138 e. The van der Waals surface area contributed by atoms with Crippen molar-refractivity contribution in [3.8, 4) is 28.3 Å². The van der Waals surface area contributed by atoms with E-state index in [1.807, 2.05) is 60.7 Å². The molecule has 0 saturated carbocycles. The third kappa shape index (κ3) is 3.40. The molecule has 0 fully saturated rings. The van der Waals surface area contributed by atoms with Gasteiger partial charge >= 0.3 is 0 Å². The highest BCUT2D eigenvalue weighted by atomic mass is 19.1. The first-order valence-electron chi connectivity index (χ1n) is 9.51. The Balaban J connectivity index is 1.68. The average molecular weight is 365 g/mol. The van der Waals surface area contributed by atoms with Crippen molar-refractivity contribution in [1.29, 1.82) is 5.26 Å². The Morgan fingerprint density at radius 2 is 1.43 bits per heavy atom. The van der Waals surface area contributed by atoms with Crippen LogP contribution in [0.4, 0.5) is 4.39 Å². The minimum atomic E-state index is -0.174. The highest BCUT2D eigenvalue weighted by Gasteiger charge is 2.10. The van der Waals surface area contributed by atoms with Crippen molar-refractivity contribution in [2.24, 2.45) is 0 Å². The number of nitrogens with zero attached hydrogens (tertiary/aromatic N) is 1. The lowest BCUT2D eigenvalue weighted by atomic mass is 9.96. The zero-order chi connectivity index (χ0) is 19.5. The number of fused-ring (bicyclic) bond motifs is 1. The summed E-state index contributed by atoms with van der Waals surface area (Å²) in [6.45, 7) is 2.15. The van der Waals surface area contributed by atoms with Gasteiger partial charge in [0.25, 0.3) is 0 Å². The number of nitriles is 1. The molecule has 4 rings (SSSR count). The van der Waals surface area contributed by atoms with Crippen LogP contribution >= 0.6 is 0 Å². The largest absolute Gasteiger partial charge is 0.206 e. The van der Waals surface area contributed by atoms with Gasteiger partial charge in [0.05, 0.1) is 11.6 Å². The van der Waals surface area contributed by atoms with Gasteiger partial charge in [-0.15, -0.1) is 0 Å². The molecule has 0 unspecified atom stereocenters. The molecule has 0 heterocycles. The molecule has 0 aromatic heterocycles. The van der Waals surface area contributed by atoms with Gasteiger partial charge in [-0.25, -0.2) is 4.39 Å². The summed E-state index contributed by atoms with van der Waals surface area (Å²) in [5.74, 6) is -0.174. The standard InChI is InChI=1S/C26H20FN/c1-2-3-18-6-14-25-23(16-18)13-15-24(26(25)27)22-11-9-21(10-12-22)20-7-4-19(17-28)5-8-20/h4-16H,2-3H2,1H3. The van der Waals surface area contributed by atoms with Crippen LogP contribution < -0.4 is 0 Å². The van der Waals surface area contributed by atoms with E-state index in [0.717, 1.165) is 34.9 Å². The summed E-state index contributed by atoms with van der Waals surface area (Å²) < 4.78 is 15.1. The van der Waals surface area contributed by atoms with Gasteiger partial charge in [0.1, 0.15) is 5.82 Å². The van der Waals surface area contributed by atoms with E-state index >= 15 is 4.39 Å². The average Bonchev–Trinajstić information content (AvgIpc) is 2.74. The highest BCUT2D eigenvalue weighted by Crippen LogP contribution is 2.31. The Morgan fingerprint density at radius 3 is 2.07 bits per heavy atom. The van der Waals surface area contributed by atoms with E-state index in [1.54, 1.807) is 12.1 Å². The molecule has 0 aliphatic heterocycles. The van der Waals surface area contributed by atoms with Gasteiger partial charge in [0.15, 0.2) is 0 Å². The van der Waals surface area contributed by atoms with E-state index < -0.39 is 0 Å². The summed E-state index contributed by atoms with van der Waals surface area (Å²) in [5, 5.41) is 10.5. The number of hydrogen-bond acceptors (Lipinski definition) is 1. The smallest absolute Gasteiger partial charge is 0.138 e. The summed E-state index contributed by atoms with van der Waals surface area (Å²) in [6, 6.07) is 27.3. The SMILES string of the molecule is CCCc1ccc2c(F)c(-c3ccc(-c4ccc(C#N)cc4)cc3)ccc2c1. The topological polar surface area (TPSA) is 23.8 Å². The summed E-state index contributed by atoms with van der Waals surface area (Å²) in [6.07, 6.45) is 2.09. The van der Waals surface area contributed by atoms with Crippen LogP contribution in [0.15, 0.2) is 78.9 Å². The molecule has 0 aliphatic carbocycles. The van der Waals surface area contributed by atoms with Gasteiger partial charge < -0.3 is 0 Å². The van der Waals surface area contributed by atoms with Crippen molar-refractivity contribution in [3.05, 3.63) is 95.8 Å². The Bertz CT molecular complexity index is 1170. The van der Waals surface area contributed by atoms with Crippen molar-refractivity contribution in [1.82, 2.24) is 0 Å². The monoisotopic (exact) mass is 365 g/mol. The Hall–Kier alpha value is -3.44. The molecule has 0 spiro atoms. The Kier molecular flexibility index (Phi) is 4.91. The zero-order valence-electron chi connectivity index (χ0n) is 15.7. The third-order valence-electron chi connectivity index (χ3n) is 5.10. The molecule has 136 valence electrons. The van der Waals surface area contributed by atoms with Crippen LogP contribution in [-0.2, 0) is 6.42 Å². The van der Waals surface area contributed by atoms with E-state index in [0.29, 0.717) is 16.5 Å². The second-order valence-corrected chi connectivity index (χ2v) is 7.00. The molecule has 0 saturated heterocycles. The number of rotatable bonds is 4. The first-order valence-corrected chi connectivity index (χ1v) is 9.51. The zero-order valence-corrected chi connectivity index (χ0v) is 15.7. The number of benzene rings is 4. The first-order chi connectivity index (χ1) is 13.7. The second kappa shape index (κ2) is 7.66. The van der Waals surface area contributed by atoms with Crippen molar-refractivity contribution in [3.63, 3.8) is 0 Å². The van der Waals surface area contributed by atoms with Crippen molar-refractivity contribution in [2.75, 3.05) is 0 Å². The minimum absolute atomic E-state index is 0.174. The van der Waals surface area contributed by atoms with E-state index in [1.165, 1.54) is 5.56 Å². The summed E-state index contributed by atoms with van der Waals surface area (Å²) in [7, 11) is 0. The molecular weight excluding hydrogens is 345 g/mol. The van der Waals surface area contributed by atoms with Crippen LogP contribution in [0.3, 0.4) is 0 Å². The molecular formula is C26H20FN. The molecule has 0 bridgehead atoms. The fraction of sp³-hybridized carbons (Fsp3) is 0.115.